The van der Waals surface area contributed by atoms with E-state index in [1.807, 2.05) is 42.7 Å². The van der Waals surface area contributed by atoms with Crippen molar-refractivity contribution in [3.63, 3.8) is 0 Å². The lowest BCUT2D eigenvalue weighted by atomic mass is 10.2. The Balaban J connectivity index is 1.91. The molecule has 3 nitrogen and oxygen atoms in total. The number of amidine groups is 1. The van der Waals surface area contributed by atoms with Crippen molar-refractivity contribution in [1.29, 1.82) is 0 Å². The van der Waals surface area contributed by atoms with Crippen molar-refractivity contribution in [2.75, 3.05) is 6.26 Å². The van der Waals surface area contributed by atoms with Gasteiger partial charge in [0.05, 0.1) is 6.21 Å². The first-order chi connectivity index (χ1) is 10.7. The van der Waals surface area contributed by atoms with Gasteiger partial charge in [-0.05, 0) is 45.4 Å². The summed E-state index contributed by atoms with van der Waals surface area (Å²) in [6.45, 7) is 0. The fraction of sp³-hybridized carbons (Fsp3) is 0.125. The average molecular weight is 394 g/mol. The molecule has 0 aliphatic heterocycles. The lowest BCUT2D eigenvalue weighted by Crippen LogP contribution is -2.05. The smallest absolute Gasteiger partial charge is 0.180 e. The molecule has 0 aliphatic carbocycles. The quantitative estimate of drug-likeness (QED) is 0.345. The molecule has 0 aliphatic rings. The maximum atomic E-state index is 5.85. The molecule has 0 aromatic heterocycles. The summed E-state index contributed by atoms with van der Waals surface area (Å²) < 4.78 is 1.05. The lowest BCUT2D eigenvalue weighted by molar-refractivity contribution is 1.25. The van der Waals surface area contributed by atoms with E-state index in [2.05, 4.69) is 38.3 Å². The van der Waals surface area contributed by atoms with Gasteiger partial charge in [-0.2, -0.15) is 5.10 Å². The molecule has 0 atom stereocenters. The number of thioether (sulfide) groups is 2. The average Bonchev–Trinajstić information content (AvgIpc) is 2.54. The highest BCUT2D eigenvalue weighted by Crippen LogP contribution is 2.26. The first-order valence-corrected chi connectivity index (χ1v) is 9.56. The van der Waals surface area contributed by atoms with Gasteiger partial charge in [0.1, 0.15) is 0 Å². The Morgan fingerprint density at radius 2 is 2.00 bits per heavy atom. The number of hydrogen-bond acceptors (Lipinski definition) is 4. The van der Waals surface area contributed by atoms with Crippen LogP contribution in [-0.2, 0) is 5.75 Å². The van der Waals surface area contributed by atoms with E-state index in [9.17, 15) is 0 Å². The molecule has 0 unspecified atom stereocenters. The Bertz CT molecular complexity index is 672. The fourth-order valence-corrected chi connectivity index (χ4v) is 3.63. The van der Waals surface area contributed by atoms with Crippen LogP contribution in [0.3, 0.4) is 0 Å². The number of nitrogens with zero attached hydrogens (tertiary/aromatic N) is 2. The first-order valence-electron chi connectivity index (χ1n) is 6.56. The molecule has 22 heavy (non-hydrogen) atoms. The Morgan fingerprint density at radius 3 is 2.68 bits per heavy atom. The zero-order valence-electron chi connectivity index (χ0n) is 12.1. The fourth-order valence-electron chi connectivity index (χ4n) is 1.68. The summed E-state index contributed by atoms with van der Waals surface area (Å²) in [7, 11) is 0. The first kappa shape index (κ1) is 17.1. The van der Waals surface area contributed by atoms with Crippen molar-refractivity contribution in [1.82, 2.24) is 0 Å². The Kier molecular flexibility index (Phi) is 7.02. The van der Waals surface area contributed by atoms with E-state index in [0.29, 0.717) is 5.17 Å². The molecule has 0 heterocycles. The summed E-state index contributed by atoms with van der Waals surface area (Å²) in [4.78, 5) is 1.19. The van der Waals surface area contributed by atoms with Crippen LogP contribution in [0.1, 0.15) is 11.1 Å². The van der Waals surface area contributed by atoms with E-state index in [1.54, 1.807) is 18.0 Å². The molecule has 2 aromatic rings. The Morgan fingerprint density at radius 1 is 1.23 bits per heavy atom. The molecule has 0 saturated heterocycles. The van der Waals surface area contributed by atoms with E-state index in [-0.39, 0.29) is 0 Å². The van der Waals surface area contributed by atoms with Gasteiger partial charge >= 0.3 is 0 Å². The van der Waals surface area contributed by atoms with Crippen molar-refractivity contribution in [2.45, 2.75) is 10.6 Å². The molecule has 0 fully saturated rings. The number of halogens is 1. The van der Waals surface area contributed by atoms with Crippen molar-refractivity contribution in [3.8, 4) is 0 Å². The largest absolute Gasteiger partial charge is 0.377 e. The monoisotopic (exact) mass is 393 g/mol. The SMILES string of the molecule is CSc1ccc(C=NN=C(N)SCc2ccccc2)cc1Br. The summed E-state index contributed by atoms with van der Waals surface area (Å²) in [5, 5.41) is 8.51. The van der Waals surface area contributed by atoms with Gasteiger partial charge in [0, 0.05) is 15.1 Å². The summed E-state index contributed by atoms with van der Waals surface area (Å²) >= 11 is 6.70. The molecule has 2 aromatic carbocycles. The van der Waals surface area contributed by atoms with Crippen molar-refractivity contribution in [2.24, 2.45) is 15.9 Å². The van der Waals surface area contributed by atoms with Crippen molar-refractivity contribution >= 4 is 50.8 Å². The highest BCUT2D eigenvalue weighted by Gasteiger charge is 1.99. The third-order valence-electron chi connectivity index (χ3n) is 2.77. The molecule has 6 heteroatoms. The minimum Gasteiger partial charge on any atom is -0.377 e. The summed E-state index contributed by atoms with van der Waals surface area (Å²) in [5.74, 6) is 0.791. The van der Waals surface area contributed by atoms with Gasteiger partial charge < -0.3 is 5.73 Å². The summed E-state index contributed by atoms with van der Waals surface area (Å²) in [5.41, 5.74) is 8.04. The van der Waals surface area contributed by atoms with Gasteiger partial charge in [-0.1, -0.05) is 48.2 Å². The minimum absolute atomic E-state index is 0.458. The van der Waals surface area contributed by atoms with Crippen LogP contribution in [0.15, 0.2) is 68.1 Å². The van der Waals surface area contributed by atoms with E-state index in [1.165, 1.54) is 22.2 Å². The van der Waals surface area contributed by atoms with Gasteiger partial charge in [0.25, 0.3) is 0 Å². The minimum atomic E-state index is 0.458. The zero-order chi connectivity index (χ0) is 15.8. The van der Waals surface area contributed by atoms with Gasteiger partial charge in [0.15, 0.2) is 5.17 Å². The van der Waals surface area contributed by atoms with Crippen LogP contribution in [0.25, 0.3) is 0 Å². The molecule has 0 bridgehead atoms. The van der Waals surface area contributed by atoms with Crippen molar-refractivity contribution < 1.29 is 0 Å². The van der Waals surface area contributed by atoms with E-state index in [4.69, 9.17) is 5.73 Å². The zero-order valence-corrected chi connectivity index (χ0v) is 15.3. The number of rotatable bonds is 5. The lowest BCUT2D eigenvalue weighted by Gasteiger charge is -2.01. The third-order valence-corrected chi connectivity index (χ3v) is 5.34. The standard InChI is InChI=1S/C16H16BrN3S2/c1-21-15-8-7-13(9-14(15)17)10-19-20-16(18)22-11-12-5-3-2-4-6-12/h2-10H,11H2,1H3,(H2,18,20). The van der Waals surface area contributed by atoms with Crippen LogP contribution in [0, 0.1) is 0 Å². The van der Waals surface area contributed by atoms with Crippen LogP contribution in [0.2, 0.25) is 0 Å². The van der Waals surface area contributed by atoms with Gasteiger partial charge in [-0.25, -0.2) is 0 Å². The topological polar surface area (TPSA) is 50.7 Å². The highest BCUT2D eigenvalue weighted by molar-refractivity contribution is 9.10. The molecule has 0 radical (unpaired) electrons. The second-order valence-electron chi connectivity index (χ2n) is 4.35. The molecule has 0 spiro atoms. The number of nitrogens with two attached hydrogens (primary N) is 1. The second-order valence-corrected chi connectivity index (χ2v) is 7.05. The predicted molar refractivity (Wildman–Crippen MR) is 103 cm³/mol. The summed E-state index contributed by atoms with van der Waals surface area (Å²) in [6.07, 6.45) is 3.74. The van der Waals surface area contributed by atoms with E-state index >= 15 is 0 Å². The maximum absolute atomic E-state index is 5.85. The second kappa shape index (κ2) is 9.02. The molecule has 0 amide bonds. The summed E-state index contributed by atoms with van der Waals surface area (Å²) in [6, 6.07) is 16.2. The molecular weight excluding hydrogens is 378 g/mol. The maximum Gasteiger partial charge on any atom is 0.180 e. The van der Waals surface area contributed by atoms with E-state index in [0.717, 1.165) is 15.8 Å². The van der Waals surface area contributed by atoms with Crippen LogP contribution in [0.4, 0.5) is 0 Å². The van der Waals surface area contributed by atoms with Crippen LogP contribution in [-0.4, -0.2) is 17.6 Å². The van der Waals surface area contributed by atoms with E-state index < -0.39 is 0 Å². The third kappa shape index (κ3) is 5.51. The highest BCUT2D eigenvalue weighted by atomic mass is 79.9. The molecule has 2 rings (SSSR count). The van der Waals surface area contributed by atoms with Gasteiger partial charge in [0.2, 0.25) is 0 Å². The molecule has 2 N–H and O–H groups in total. The van der Waals surface area contributed by atoms with Crippen LogP contribution >= 0.6 is 39.5 Å². The Labute approximate surface area is 147 Å². The Hall–Kier alpha value is -1.24. The normalized spacial score (nSPS) is 12.0. The number of hydrogen-bond donors (Lipinski definition) is 1. The molecule has 114 valence electrons. The van der Waals surface area contributed by atoms with Gasteiger partial charge in [-0.15, -0.1) is 16.9 Å². The molecule has 0 saturated carbocycles. The number of benzene rings is 2. The van der Waals surface area contributed by atoms with Crippen molar-refractivity contribution in [3.05, 3.63) is 64.1 Å². The predicted octanol–water partition coefficient (Wildman–Crippen LogP) is 4.75. The molecular formula is C16H16BrN3S2. The van der Waals surface area contributed by atoms with Crippen LogP contribution < -0.4 is 5.73 Å². The van der Waals surface area contributed by atoms with Crippen LogP contribution in [0.5, 0.6) is 0 Å². The van der Waals surface area contributed by atoms with Gasteiger partial charge in [-0.3, -0.25) is 0 Å².